The first kappa shape index (κ1) is 3.86. The topological polar surface area (TPSA) is 0 Å². The Morgan fingerprint density at radius 3 is 2.25 bits per heavy atom. The van der Waals surface area contributed by atoms with Gasteiger partial charge in [-0.05, 0) is 0 Å². The van der Waals surface area contributed by atoms with Gasteiger partial charge in [0.15, 0.2) is 0 Å². The van der Waals surface area contributed by atoms with Crippen molar-refractivity contribution in [2.75, 3.05) is 6.67 Å². The predicted molar refractivity (Wildman–Crippen MR) is 19.2 cm³/mol. The molecule has 0 aliphatic carbocycles. The fourth-order valence-electron chi connectivity index (χ4n) is 0. The minimum absolute atomic E-state index is 0.417. The van der Waals surface area contributed by atoms with Gasteiger partial charge in [0.1, 0.15) is 0 Å². The van der Waals surface area contributed by atoms with Crippen LogP contribution in [0.1, 0.15) is 0 Å². The second-order valence-corrected chi connectivity index (χ2v) is 0.443. The van der Waals surface area contributed by atoms with E-state index in [-0.39, 0.29) is 0 Å². The standard InChI is InChI=1S/C2H4BF/c3-1-2-4/h1,3H,2H2. The molecular weight excluding hydrogens is 53.8 g/mol. The monoisotopic (exact) mass is 58.0 g/mol. The van der Waals surface area contributed by atoms with Crippen molar-refractivity contribution in [1.82, 2.24) is 0 Å². The van der Waals surface area contributed by atoms with Crippen LogP contribution in [-0.2, 0) is 0 Å². The number of halogens is 1. The molecule has 0 aromatic rings. The van der Waals surface area contributed by atoms with Gasteiger partial charge in [0, 0.05) is 0 Å². The van der Waals surface area contributed by atoms with Gasteiger partial charge in [0.05, 0.1) is 0 Å². The van der Waals surface area contributed by atoms with E-state index in [9.17, 15) is 4.39 Å². The van der Waals surface area contributed by atoms with Crippen LogP contribution in [0.4, 0.5) is 4.39 Å². The van der Waals surface area contributed by atoms with Gasteiger partial charge in [-0.3, -0.25) is 0 Å². The Bertz CT molecular complexity index is 20.0. The number of alkyl halides is 1. The third-order valence-electron chi connectivity index (χ3n) is 0.109. The van der Waals surface area contributed by atoms with E-state index in [1.165, 1.54) is 5.97 Å². The summed E-state index contributed by atoms with van der Waals surface area (Å²) >= 11 is 0. The van der Waals surface area contributed by atoms with Gasteiger partial charge < -0.3 is 0 Å². The Labute approximate surface area is 25.7 Å². The third kappa shape index (κ3) is 1.86. The zero-order chi connectivity index (χ0) is 3.41. The molecule has 0 rings (SSSR count). The molecule has 0 fully saturated rings. The quantitative estimate of drug-likeness (QED) is 0.362. The van der Waals surface area contributed by atoms with Crippen molar-refractivity contribution in [3.63, 3.8) is 0 Å². The van der Waals surface area contributed by atoms with E-state index in [2.05, 4.69) is 7.49 Å². The van der Waals surface area contributed by atoms with Gasteiger partial charge in [-0.25, -0.2) is 0 Å². The normalized spacial score (nSPS) is 6.00. The van der Waals surface area contributed by atoms with Crippen LogP contribution >= 0.6 is 0 Å². The molecule has 0 atom stereocenters. The molecule has 0 spiro atoms. The average molecular weight is 57.9 g/mol. The summed E-state index contributed by atoms with van der Waals surface area (Å²) in [6, 6.07) is 0. The van der Waals surface area contributed by atoms with Crippen LogP contribution in [0.25, 0.3) is 0 Å². The molecule has 0 heterocycles. The summed E-state index contributed by atoms with van der Waals surface area (Å²) in [5, 5.41) is 0. The van der Waals surface area contributed by atoms with E-state index in [1.54, 1.807) is 0 Å². The Balaban J connectivity index is 2.30. The molecule has 22 valence electrons. The second-order valence-electron chi connectivity index (χ2n) is 0.443. The maximum atomic E-state index is 10.6. The van der Waals surface area contributed by atoms with E-state index in [0.29, 0.717) is 0 Å². The van der Waals surface area contributed by atoms with Crippen molar-refractivity contribution >= 4 is 13.5 Å². The van der Waals surface area contributed by atoms with Gasteiger partial charge in [-0.1, -0.05) is 0 Å². The molecule has 2 heteroatoms. The van der Waals surface area contributed by atoms with Crippen molar-refractivity contribution in [2.24, 2.45) is 0 Å². The molecule has 0 N–H and O–H groups in total. The average Bonchev–Trinajstić information content (AvgIpc) is 1.37. The van der Waals surface area contributed by atoms with Crippen molar-refractivity contribution in [1.29, 1.82) is 0 Å². The third-order valence-corrected chi connectivity index (χ3v) is 0.109. The van der Waals surface area contributed by atoms with Crippen LogP contribution in [-0.4, -0.2) is 20.1 Å². The summed E-state index contributed by atoms with van der Waals surface area (Å²) in [5.41, 5.74) is 0. The zero-order valence-electron chi connectivity index (χ0n) is 2.37. The zero-order valence-corrected chi connectivity index (χ0v) is 2.37. The number of rotatable bonds is 1. The van der Waals surface area contributed by atoms with Crippen LogP contribution in [0.15, 0.2) is 0 Å². The molecule has 4 heavy (non-hydrogen) atoms. The summed E-state index contributed by atoms with van der Waals surface area (Å²) in [6.45, 7) is -0.417. The second kappa shape index (κ2) is 2.86. The van der Waals surface area contributed by atoms with E-state index in [4.69, 9.17) is 0 Å². The van der Waals surface area contributed by atoms with E-state index < -0.39 is 6.67 Å². The first-order valence-electron chi connectivity index (χ1n) is 1.08. The van der Waals surface area contributed by atoms with Crippen LogP contribution in [0.3, 0.4) is 0 Å². The number of hydrogen-bond acceptors (Lipinski definition) is 0. The molecule has 0 aliphatic rings. The summed E-state index contributed by atoms with van der Waals surface area (Å²) < 4.78 is 10.6. The summed E-state index contributed by atoms with van der Waals surface area (Å²) in [4.78, 5) is 0. The minimum atomic E-state index is -0.417. The molecule has 0 aliphatic heterocycles. The molecule has 0 bridgehead atoms. The Kier molecular flexibility index (Phi) is 2.77. The van der Waals surface area contributed by atoms with Gasteiger partial charge in [-0.15, -0.1) is 0 Å². The first-order chi connectivity index (χ1) is 1.91. The van der Waals surface area contributed by atoms with Crippen LogP contribution < -0.4 is 0 Å². The maximum absolute atomic E-state index is 10.6. The molecule has 0 nitrogen and oxygen atoms in total. The van der Waals surface area contributed by atoms with E-state index in [0.717, 1.165) is 0 Å². The molecule has 0 aromatic carbocycles. The van der Waals surface area contributed by atoms with Gasteiger partial charge in [-0.2, -0.15) is 0 Å². The molecule has 0 aromatic heterocycles. The summed E-state index contributed by atoms with van der Waals surface area (Å²) in [5.74, 6) is 1.21. The van der Waals surface area contributed by atoms with Gasteiger partial charge in [0.25, 0.3) is 0 Å². The molecule has 0 saturated carbocycles. The van der Waals surface area contributed by atoms with Gasteiger partial charge >= 0.3 is 24.5 Å². The number of hydrogen-bond donors (Lipinski definition) is 0. The Morgan fingerprint density at radius 2 is 2.25 bits per heavy atom. The Morgan fingerprint density at radius 1 is 2.00 bits per heavy atom. The predicted octanol–water partition coefficient (Wildman–Crippen LogP) is -0.341. The van der Waals surface area contributed by atoms with Crippen molar-refractivity contribution in [3.8, 4) is 0 Å². The van der Waals surface area contributed by atoms with Crippen molar-refractivity contribution in [2.45, 2.75) is 0 Å². The molecule has 0 saturated heterocycles. The van der Waals surface area contributed by atoms with E-state index >= 15 is 0 Å². The van der Waals surface area contributed by atoms with Crippen LogP contribution in [0.5, 0.6) is 0 Å². The fourth-order valence-corrected chi connectivity index (χ4v) is 0. The van der Waals surface area contributed by atoms with Crippen molar-refractivity contribution < 1.29 is 4.39 Å². The fraction of sp³-hybridized carbons (Fsp3) is 0.500. The Hall–Kier alpha value is -0.135. The SMILES string of the molecule is B=CCF. The molecule has 0 radical (unpaired) electrons. The summed E-state index contributed by atoms with van der Waals surface area (Å²) in [7, 11) is 3.10. The molecule has 0 unspecified atom stereocenters. The van der Waals surface area contributed by atoms with Gasteiger partial charge in [0.2, 0.25) is 0 Å². The van der Waals surface area contributed by atoms with E-state index in [1.807, 2.05) is 0 Å². The summed E-state index contributed by atoms with van der Waals surface area (Å²) in [6.07, 6.45) is 0. The van der Waals surface area contributed by atoms with Crippen molar-refractivity contribution in [3.05, 3.63) is 0 Å². The molecular formula is C2H4BF. The van der Waals surface area contributed by atoms with Crippen LogP contribution in [0.2, 0.25) is 0 Å². The first-order valence-corrected chi connectivity index (χ1v) is 1.08. The molecule has 0 amide bonds. The van der Waals surface area contributed by atoms with Crippen LogP contribution in [0, 0.1) is 0 Å².